The van der Waals surface area contributed by atoms with Gasteiger partial charge in [0.05, 0.1) is 5.69 Å². The maximum atomic E-state index is 12.1. The highest BCUT2D eigenvalue weighted by Crippen LogP contribution is 2.35. The van der Waals surface area contributed by atoms with Crippen LogP contribution in [0.15, 0.2) is 6.07 Å². The van der Waals surface area contributed by atoms with Gasteiger partial charge < -0.3 is 10.6 Å². The molecule has 1 heterocycles. The quantitative estimate of drug-likeness (QED) is 0.637. The molecule has 0 radical (unpaired) electrons. The zero-order valence-corrected chi connectivity index (χ0v) is 12.1. The van der Waals surface area contributed by atoms with Crippen molar-refractivity contribution in [3.8, 4) is 0 Å². The van der Waals surface area contributed by atoms with Crippen molar-refractivity contribution in [2.75, 3.05) is 22.9 Å². The smallest absolute Gasteiger partial charge is 0.227 e. The minimum Gasteiger partial charge on any atom is -0.398 e. The van der Waals surface area contributed by atoms with Gasteiger partial charge in [0, 0.05) is 18.7 Å². The number of thiol groups is 1. The first-order valence-electron chi connectivity index (χ1n) is 6.23. The van der Waals surface area contributed by atoms with Gasteiger partial charge in [-0.25, -0.2) is 0 Å². The number of amides is 1. The number of aryl methyl sites for hydroxylation is 2. The van der Waals surface area contributed by atoms with E-state index in [-0.39, 0.29) is 5.91 Å². The van der Waals surface area contributed by atoms with Crippen LogP contribution < -0.4 is 10.6 Å². The highest BCUT2D eigenvalue weighted by Gasteiger charge is 2.31. The number of hydrogen-bond donors (Lipinski definition) is 2. The first kappa shape index (κ1) is 13.3. The Labute approximate surface area is 114 Å². The van der Waals surface area contributed by atoms with Gasteiger partial charge in [-0.2, -0.15) is 12.6 Å². The van der Waals surface area contributed by atoms with E-state index in [0.717, 1.165) is 40.4 Å². The zero-order valence-electron chi connectivity index (χ0n) is 11.2. The third-order valence-electron chi connectivity index (χ3n) is 3.72. The third-order valence-corrected chi connectivity index (χ3v) is 4.24. The highest BCUT2D eigenvalue weighted by molar-refractivity contribution is 7.80. The van der Waals surface area contributed by atoms with Crippen LogP contribution in [0.5, 0.6) is 0 Å². The standard InChI is InChI=1S/C14H20N2OS/c1-8-4-9(2)14(10(3)13(8)15)16-6-11(7-18)5-12(16)17/h4,11,18H,5-7,15H2,1-3H3. The molecule has 1 saturated heterocycles. The lowest BCUT2D eigenvalue weighted by atomic mass is 10.0. The number of carbonyl (C=O) groups is 1. The number of hydrogen-bond acceptors (Lipinski definition) is 3. The second kappa shape index (κ2) is 4.84. The van der Waals surface area contributed by atoms with E-state index >= 15 is 0 Å². The van der Waals surface area contributed by atoms with Crippen molar-refractivity contribution in [2.45, 2.75) is 27.2 Å². The Morgan fingerprint density at radius 2 is 2.06 bits per heavy atom. The Morgan fingerprint density at radius 3 is 2.61 bits per heavy atom. The van der Waals surface area contributed by atoms with Crippen LogP contribution in [0.4, 0.5) is 11.4 Å². The molecule has 0 bridgehead atoms. The van der Waals surface area contributed by atoms with Crippen molar-refractivity contribution in [3.63, 3.8) is 0 Å². The Hall–Kier alpha value is -1.16. The second-order valence-electron chi connectivity index (χ2n) is 5.15. The average molecular weight is 264 g/mol. The molecule has 4 heteroatoms. The van der Waals surface area contributed by atoms with Crippen molar-refractivity contribution in [3.05, 3.63) is 22.8 Å². The molecule has 2 rings (SSSR count). The van der Waals surface area contributed by atoms with Gasteiger partial charge in [0.2, 0.25) is 5.91 Å². The van der Waals surface area contributed by atoms with E-state index < -0.39 is 0 Å². The fraction of sp³-hybridized carbons (Fsp3) is 0.500. The maximum absolute atomic E-state index is 12.1. The molecule has 18 heavy (non-hydrogen) atoms. The van der Waals surface area contributed by atoms with Crippen molar-refractivity contribution in [1.82, 2.24) is 0 Å². The van der Waals surface area contributed by atoms with E-state index in [1.807, 2.05) is 25.7 Å². The van der Waals surface area contributed by atoms with Crippen LogP contribution in [0.2, 0.25) is 0 Å². The van der Waals surface area contributed by atoms with Gasteiger partial charge in [-0.05, 0) is 49.1 Å². The minimum atomic E-state index is 0.184. The first-order valence-corrected chi connectivity index (χ1v) is 6.86. The van der Waals surface area contributed by atoms with Crippen molar-refractivity contribution < 1.29 is 4.79 Å². The van der Waals surface area contributed by atoms with E-state index in [2.05, 4.69) is 18.7 Å². The van der Waals surface area contributed by atoms with Gasteiger partial charge in [0.1, 0.15) is 0 Å². The van der Waals surface area contributed by atoms with Crippen LogP contribution in [0.1, 0.15) is 23.1 Å². The molecule has 1 unspecified atom stereocenters. The van der Waals surface area contributed by atoms with Gasteiger partial charge in [0.15, 0.2) is 0 Å². The Bertz CT molecular complexity index is 499. The average Bonchev–Trinajstić information content (AvgIpc) is 2.68. The number of rotatable bonds is 2. The van der Waals surface area contributed by atoms with E-state index in [9.17, 15) is 4.79 Å². The minimum absolute atomic E-state index is 0.184. The van der Waals surface area contributed by atoms with Gasteiger partial charge in [-0.15, -0.1) is 0 Å². The van der Waals surface area contributed by atoms with E-state index in [4.69, 9.17) is 5.73 Å². The van der Waals surface area contributed by atoms with Crippen molar-refractivity contribution in [2.24, 2.45) is 5.92 Å². The van der Waals surface area contributed by atoms with Gasteiger partial charge >= 0.3 is 0 Å². The number of nitrogens with two attached hydrogens (primary N) is 1. The number of carbonyl (C=O) groups excluding carboxylic acids is 1. The summed E-state index contributed by atoms with van der Waals surface area (Å²) in [5, 5.41) is 0. The molecule has 0 spiro atoms. The van der Waals surface area contributed by atoms with Gasteiger partial charge in [0.25, 0.3) is 0 Å². The molecule has 1 fully saturated rings. The summed E-state index contributed by atoms with van der Waals surface area (Å²) >= 11 is 4.29. The SMILES string of the molecule is Cc1cc(C)c(N2CC(CS)CC2=O)c(C)c1N. The molecule has 1 aliphatic rings. The molecule has 3 nitrogen and oxygen atoms in total. The molecular formula is C14H20N2OS. The van der Waals surface area contributed by atoms with E-state index in [1.165, 1.54) is 0 Å². The molecule has 1 atom stereocenters. The molecule has 2 N–H and O–H groups in total. The third kappa shape index (κ3) is 2.09. The normalized spacial score (nSPS) is 19.7. The summed E-state index contributed by atoms with van der Waals surface area (Å²) in [5.41, 5.74) is 11.1. The monoisotopic (exact) mass is 264 g/mol. The lowest BCUT2D eigenvalue weighted by Crippen LogP contribution is -2.26. The lowest BCUT2D eigenvalue weighted by molar-refractivity contribution is -0.117. The fourth-order valence-corrected chi connectivity index (χ4v) is 2.97. The summed E-state index contributed by atoms with van der Waals surface area (Å²) in [6.07, 6.45) is 0.593. The van der Waals surface area contributed by atoms with Gasteiger partial charge in [-0.3, -0.25) is 4.79 Å². The van der Waals surface area contributed by atoms with Crippen molar-refractivity contribution >= 4 is 29.9 Å². The number of nitrogen functional groups attached to an aromatic ring is 1. The molecule has 98 valence electrons. The molecule has 1 amide bonds. The van der Waals surface area contributed by atoms with Crippen LogP contribution >= 0.6 is 12.6 Å². The topological polar surface area (TPSA) is 46.3 Å². The Balaban J connectivity index is 2.46. The first-order chi connectivity index (χ1) is 8.45. The molecular weight excluding hydrogens is 244 g/mol. The molecule has 0 aromatic heterocycles. The number of anilines is 2. The maximum Gasteiger partial charge on any atom is 0.227 e. The lowest BCUT2D eigenvalue weighted by Gasteiger charge is -2.23. The molecule has 0 saturated carbocycles. The Kier molecular flexibility index (Phi) is 3.57. The Morgan fingerprint density at radius 1 is 1.39 bits per heavy atom. The van der Waals surface area contributed by atoms with E-state index in [1.54, 1.807) is 0 Å². The number of nitrogens with zero attached hydrogens (tertiary/aromatic N) is 1. The number of benzene rings is 1. The van der Waals surface area contributed by atoms with Gasteiger partial charge in [-0.1, -0.05) is 6.07 Å². The highest BCUT2D eigenvalue weighted by atomic mass is 32.1. The summed E-state index contributed by atoms with van der Waals surface area (Å²) < 4.78 is 0. The predicted molar refractivity (Wildman–Crippen MR) is 79.4 cm³/mol. The molecule has 0 aliphatic carbocycles. The zero-order chi connectivity index (χ0) is 13.4. The summed E-state index contributed by atoms with van der Waals surface area (Å²) in [5.74, 6) is 1.28. The molecule has 1 aromatic rings. The summed E-state index contributed by atoms with van der Waals surface area (Å²) in [6, 6.07) is 2.05. The van der Waals surface area contributed by atoms with Crippen LogP contribution in [0.3, 0.4) is 0 Å². The van der Waals surface area contributed by atoms with Crippen LogP contribution in [0.25, 0.3) is 0 Å². The second-order valence-corrected chi connectivity index (χ2v) is 5.52. The van der Waals surface area contributed by atoms with Crippen LogP contribution in [-0.4, -0.2) is 18.2 Å². The van der Waals surface area contributed by atoms with E-state index in [0.29, 0.717) is 12.3 Å². The van der Waals surface area contributed by atoms with Crippen molar-refractivity contribution in [1.29, 1.82) is 0 Å². The summed E-state index contributed by atoms with van der Waals surface area (Å²) in [7, 11) is 0. The van der Waals surface area contributed by atoms with Crippen LogP contribution in [-0.2, 0) is 4.79 Å². The molecule has 1 aromatic carbocycles. The largest absolute Gasteiger partial charge is 0.398 e. The van der Waals surface area contributed by atoms with Crippen LogP contribution in [0, 0.1) is 26.7 Å². The summed E-state index contributed by atoms with van der Waals surface area (Å²) in [6.45, 7) is 6.79. The molecule has 1 aliphatic heterocycles. The fourth-order valence-electron chi connectivity index (χ4n) is 2.73. The predicted octanol–water partition coefficient (Wildman–Crippen LogP) is 2.48. The summed E-state index contributed by atoms with van der Waals surface area (Å²) in [4.78, 5) is 14.0.